The first-order chi connectivity index (χ1) is 8.98. The molecule has 7 nitrogen and oxygen atoms in total. The molecule has 0 unspecified atom stereocenters. The lowest BCUT2D eigenvalue weighted by Gasteiger charge is -2.19. The zero-order valence-corrected chi connectivity index (χ0v) is 12.2. The van der Waals surface area contributed by atoms with Crippen molar-refractivity contribution in [1.29, 1.82) is 0 Å². The van der Waals surface area contributed by atoms with Crippen LogP contribution in [-0.2, 0) is 25.1 Å². The van der Waals surface area contributed by atoms with E-state index in [1.165, 1.54) is 0 Å². The summed E-state index contributed by atoms with van der Waals surface area (Å²) < 4.78 is 33.3. The van der Waals surface area contributed by atoms with Gasteiger partial charge in [-0.25, -0.2) is 13.2 Å². The van der Waals surface area contributed by atoms with Gasteiger partial charge >= 0.3 is 11.9 Å². The highest BCUT2D eigenvalue weighted by Crippen LogP contribution is 2.13. The zero-order valence-electron chi connectivity index (χ0n) is 11.4. The number of rotatable bonds is 5. The van der Waals surface area contributed by atoms with E-state index in [1.54, 1.807) is 20.8 Å². The molecule has 1 rings (SSSR count). The van der Waals surface area contributed by atoms with Gasteiger partial charge in [-0.3, -0.25) is 4.79 Å². The van der Waals surface area contributed by atoms with E-state index in [-0.39, 0.29) is 11.3 Å². The first-order valence-corrected chi connectivity index (χ1v) is 7.54. The number of sulfone groups is 1. The third kappa shape index (κ3) is 5.43. The van der Waals surface area contributed by atoms with Gasteiger partial charge in [-0.05, 0) is 26.8 Å². The lowest BCUT2D eigenvalue weighted by molar-refractivity contribution is -0.151. The molecule has 0 saturated carbocycles. The minimum Gasteiger partial charge on any atom is -0.478 e. The highest BCUT2D eigenvalue weighted by atomic mass is 32.2. The summed E-state index contributed by atoms with van der Waals surface area (Å²) in [5, 5.41) is 8.69. The van der Waals surface area contributed by atoms with Gasteiger partial charge in [0.25, 0.3) is 0 Å². The maximum Gasteiger partial charge on any atom is 0.338 e. The Bertz CT molecular complexity index is 604. The molecule has 112 valence electrons. The van der Waals surface area contributed by atoms with Gasteiger partial charge in [0.05, 0.1) is 5.56 Å². The molecule has 1 aromatic heterocycles. The lowest BCUT2D eigenvalue weighted by Crippen LogP contribution is -2.28. The van der Waals surface area contributed by atoms with Gasteiger partial charge in [-0.15, -0.1) is 0 Å². The molecule has 0 aromatic carbocycles. The van der Waals surface area contributed by atoms with Crippen molar-refractivity contribution in [3.05, 3.63) is 23.7 Å². The number of carbonyl (C=O) groups excluding carboxylic acids is 1. The van der Waals surface area contributed by atoms with Crippen LogP contribution in [0, 0.1) is 0 Å². The van der Waals surface area contributed by atoms with Gasteiger partial charge in [0.2, 0.25) is 0 Å². The quantitative estimate of drug-likeness (QED) is 0.814. The second-order valence-corrected chi connectivity index (χ2v) is 7.29. The van der Waals surface area contributed by atoms with Gasteiger partial charge in [0.15, 0.2) is 9.84 Å². The van der Waals surface area contributed by atoms with Crippen LogP contribution in [0.1, 0.15) is 36.9 Å². The number of ether oxygens (including phenoxy) is 1. The Morgan fingerprint density at radius 3 is 2.40 bits per heavy atom. The number of carboxylic acids is 1. The molecule has 0 aliphatic carbocycles. The smallest absolute Gasteiger partial charge is 0.338 e. The molecular weight excluding hydrogens is 288 g/mol. The Balaban J connectivity index is 2.70. The summed E-state index contributed by atoms with van der Waals surface area (Å²) in [6.45, 7) is 4.88. The fourth-order valence-electron chi connectivity index (χ4n) is 1.39. The maximum atomic E-state index is 11.8. The summed E-state index contributed by atoms with van der Waals surface area (Å²) in [6.07, 6.45) is 0.945. The van der Waals surface area contributed by atoms with E-state index in [9.17, 15) is 18.0 Å². The highest BCUT2D eigenvalue weighted by Gasteiger charge is 2.24. The van der Waals surface area contributed by atoms with Crippen molar-refractivity contribution in [3.63, 3.8) is 0 Å². The van der Waals surface area contributed by atoms with Gasteiger partial charge < -0.3 is 14.3 Å². The standard InChI is InChI=1S/C12H16O7S/c1-12(2,3)19-10(13)7-20(16,17)6-9-4-8(5-18-9)11(14)15/h4-5H,6-7H2,1-3H3,(H,14,15). The van der Waals surface area contributed by atoms with Crippen molar-refractivity contribution in [2.24, 2.45) is 0 Å². The molecule has 8 heteroatoms. The predicted octanol–water partition coefficient (Wildman–Crippen LogP) is 1.23. The van der Waals surface area contributed by atoms with Crippen LogP contribution < -0.4 is 0 Å². The first-order valence-electron chi connectivity index (χ1n) is 5.71. The van der Waals surface area contributed by atoms with Crippen LogP contribution in [0.5, 0.6) is 0 Å². The van der Waals surface area contributed by atoms with Crippen LogP contribution in [0.3, 0.4) is 0 Å². The molecule has 0 aliphatic heterocycles. The van der Waals surface area contributed by atoms with Crippen molar-refractivity contribution in [3.8, 4) is 0 Å². The predicted molar refractivity (Wildman–Crippen MR) is 69.0 cm³/mol. The molecule has 0 aliphatic rings. The number of carboxylic acid groups (broad SMARTS) is 1. The second kappa shape index (κ2) is 5.66. The minimum absolute atomic E-state index is 0.0361. The molecule has 0 saturated heterocycles. The third-order valence-electron chi connectivity index (χ3n) is 2.02. The van der Waals surface area contributed by atoms with Gasteiger partial charge in [0, 0.05) is 0 Å². The molecular formula is C12H16O7S. The molecule has 1 N–H and O–H groups in total. The van der Waals surface area contributed by atoms with Crippen LogP contribution in [0.15, 0.2) is 16.7 Å². The van der Waals surface area contributed by atoms with Gasteiger partial charge in [-0.2, -0.15) is 0 Å². The molecule has 1 aromatic rings. The number of furan rings is 1. The molecule has 0 amide bonds. The normalized spacial score (nSPS) is 12.2. The second-order valence-electron chi connectivity index (χ2n) is 5.23. The average molecular weight is 304 g/mol. The van der Waals surface area contributed by atoms with E-state index in [4.69, 9.17) is 14.3 Å². The summed E-state index contributed by atoms with van der Waals surface area (Å²) in [4.78, 5) is 22.1. The third-order valence-corrected chi connectivity index (χ3v) is 3.42. The molecule has 0 atom stereocenters. The van der Waals surface area contributed by atoms with Crippen molar-refractivity contribution < 1.29 is 32.3 Å². The van der Waals surface area contributed by atoms with E-state index in [2.05, 4.69) is 0 Å². The summed E-state index contributed by atoms with van der Waals surface area (Å²) in [6, 6.07) is 1.11. The summed E-state index contributed by atoms with van der Waals surface area (Å²) >= 11 is 0. The number of hydrogen-bond acceptors (Lipinski definition) is 6. The first kappa shape index (κ1) is 16.2. The van der Waals surface area contributed by atoms with E-state index in [0.717, 1.165) is 12.3 Å². The van der Waals surface area contributed by atoms with Crippen LogP contribution in [0.2, 0.25) is 0 Å². The molecule has 0 bridgehead atoms. The molecule has 1 heterocycles. The summed E-state index contributed by atoms with van der Waals surface area (Å²) in [5.74, 6) is -3.45. The SMILES string of the molecule is CC(C)(C)OC(=O)CS(=O)(=O)Cc1cc(C(=O)O)co1. The molecule has 0 spiro atoms. The monoisotopic (exact) mass is 304 g/mol. The number of aromatic carboxylic acids is 1. The van der Waals surface area contributed by atoms with Crippen LogP contribution in [0.25, 0.3) is 0 Å². The van der Waals surface area contributed by atoms with Crippen molar-refractivity contribution in [1.82, 2.24) is 0 Å². The van der Waals surface area contributed by atoms with Crippen LogP contribution >= 0.6 is 0 Å². The fraction of sp³-hybridized carbons (Fsp3) is 0.500. The Hall–Kier alpha value is -1.83. The maximum absolute atomic E-state index is 11.8. The van der Waals surface area contributed by atoms with Gasteiger partial charge in [-0.1, -0.05) is 0 Å². The lowest BCUT2D eigenvalue weighted by atomic mass is 10.2. The zero-order chi connectivity index (χ0) is 15.6. The number of esters is 1. The Morgan fingerprint density at radius 2 is 1.95 bits per heavy atom. The number of hydrogen-bond donors (Lipinski definition) is 1. The van der Waals surface area contributed by atoms with Crippen LogP contribution in [-0.4, -0.2) is 36.8 Å². The van der Waals surface area contributed by atoms with E-state index < -0.39 is 38.9 Å². The largest absolute Gasteiger partial charge is 0.478 e. The topological polar surface area (TPSA) is 111 Å². The average Bonchev–Trinajstić information content (AvgIpc) is 2.60. The van der Waals surface area contributed by atoms with Crippen molar-refractivity contribution >= 4 is 21.8 Å². The van der Waals surface area contributed by atoms with E-state index >= 15 is 0 Å². The van der Waals surface area contributed by atoms with E-state index in [1.807, 2.05) is 0 Å². The Labute approximate surface area is 116 Å². The van der Waals surface area contributed by atoms with E-state index in [0.29, 0.717) is 0 Å². The van der Waals surface area contributed by atoms with Crippen LogP contribution in [0.4, 0.5) is 0 Å². The summed E-state index contributed by atoms with van der Waals surface area (Å²) in [5.41, 5.74) is -0.916. The molecule has 20 heavy (non-hydrogen) atoms. The fourth-order valence-corrected chi connectivity index (χ4v) is 2.49. The molecule has 0 fully saturated rings. The summed E-state index contributed by atoms with van der Waals surface area (Å²) in [7, 11) is -3.78. The van der Waals surface area contributed by atoms with Gasteiger partial charge in [0.1, 0.15) is 29.1 Å². The van der Waals surface area contributed by atoms with Crippen molar-refractivity contribution in [2.45, 2.75) is 32.1 Å². The number of carbonyl (C=O) groups is 2. The molecule has 0 radical (unpaired) electrons. The van der Waals surface area contributed by atoms with Crippen molar-refractivity contribution in [2.75, 3.05) is 5.75 Å². The minimum atomic E-state index is -3.78. The highest BCUT2D eigenvalue weighted by molar-refractivity contribution is 7.91. The Morgan fingerprint density at radius 1 is 1.35 bits per heavy atom. The Kier molecular flexibility index (Phi) is 4.59.